The molecule has 1 N–H and O–H groups in total. The summed E-state index contributed by atoms with van der Waals surface area (Å²) in [5.74, 6) is -0.218. The van der Waals surface area contributed by atoms with Crippen LogP contribution in [0.25, 0.3) is 0 Å². The summed E-state index contributed by atoms with van der Waals surface area (Å²) in [5, 5.41) is 3.20. The molecule has 0 aromatic rings. The third-order valence-corrected chi connectivity index (χ3v) is 2.88. The number of carbonyl (C=O) groups is 1. The van der Waals surface area contributed by atoms with Crippen molar-refractivity contribution in [3.8, 4) is 0 Å². The van der Waals surface area contributed by atoms with E-state index in [1.807, 2.05) is 27.7 Å². The molecule has 2 unspecified atom stereocenters. The lowest BCUT2D eigenvalue weighted by molar-refractivity contribution is -0.152. The molecule has 0 heterocycles. The summed E-state index contributed by atoms with van der Waals surface area (Å²) in [6.45, 7) is 10.1. The van der Waals surface area contributed by atoms with E-state index in [0.29, 0.717) is 32.8 Å². The lowest BCUT2D eigenvalue weighted by Crippen LogP contribution is -2.52. The molecule has 0 aliphatic heterocycles. The summed E-state index contributed by atoms with van der Waals surface area (Å²) in [6, 6.07) is 0. The lowest BCUT2D eigenvalue weighted by Gasteiger charge is -2.30. The van der Waals surface area contributed by atoms with E-state index in [1.165, 1.54) is 0 Å². The van der Waals surface area contributed by atoms with Gasteiger partial charge in [0.25, 0.3) is 0 Å². The van der Waals surface area contributed by atoms with Gasteiger partial charge < -0.3 is 19.5 Å². The van der Waals surface area contributed by atoms with Crippen LogP contribution in [0.4, 0.5) is 0 Å². The average Bonchev–Trinajstić information content (AvgIpc) is 2.35. The topological polar surface area (TPSA) is 56.8 Å². The first-order valence-electron chi connectivity index (χ1n) is 7.03. The number of esters is 1. The maximum Gasteiger partial charge on any atom is 0.326 e. The average molecular weight is 275 g/mol. The molecule has 0 amide bonds. The van der Waals surface area contributed by atoms with Gasteiger partial charge in [-0.3, -0.25) is 4.79 Å². The van der Waals surface area contributed by atoms with Gasteiger partial charge in [0, 0.05) is 26.7 Å². The third kappa shape index (κ3) is 7.50. The Morgan fingerprint density at radius 1 is 1.32 bits per heavy atom. The van der Waals surface area contributed by atoms with E-state index in [-0.39, 0.29) is 12.1 Å². The zero-order valence-electron chi connectivity index (χ0n) is 13.0. The fraction of sp³-hybridized carbons (Fsp3) is 0.929. The monoisotopic (exact) mass is 275 g/mol. The Morgan fingerprint density at radius 3 is 2.53 bits per heavy atom. The van der Waals surface area contributed by atoms with Gasteiger partial charge in [-0.2, -0.15) is 0 Å². The minimum atomic E-state index is -0.689. The molecular weight excluding hydrogens is 246 g/mol. The lowest BCUT2D eigenvalue weighted by atomic mass is 9.94. The van der Waals surface area contributed by atoms with E-state index in [2.05, 4.69) is 5.32 Å². The van der Waals surface area contributed by atoms with E-state index >= 15 is 0 Å². The smallest absolute Gasteiger partial charge is 0.326 e. The molecular formula is C14H29NO4. The maximum atomic E-state index is 12.0. The normalized spacial score (nSPS) is 15.8. The van der Waals surface area contributed by atoms with E-state index in [1.54, 1.807) is 7.11 Å². The fourth-order valence-electron chi connectivity index (χ4n) is 2.03. The van der Waals surface area contributed by atoms with Gasteiger partial charge >= 0.3 is 5.97 Å². The zero-order valence-corrected chi connectivity index (χ0v) is 13.0. The highest BCUT2D eigenvalue weighted by Gasteiger charge is 2.35. The molecule has 0 rings (SSSR count). The van der Waals surface area contributed by atoms with Crippen molar-refractivity contribution >= 4 is 5.97 Å². The van der Waals surface area contributed by atoms with Crippen molar-refractivity contribution in [1.82, 2.24) is 5.32 Å². The number of carbonyl (C=O) groups excluding carboxylic acids is 1. The van der Waals surface area contributed by atoms with Crippen molar-refractivity contribution in [3.63, 3.8) is 0 Å². The predicted molar refractivity (Wildman–Crippen MR) is 75.2 cm³/mol. The number of nitrogens with one attached hydrogen (secondary N) is 1. The highest BCUT2D eigenvalue weighted by molar-refractivity contribution is 5.80. The number of likely N-dealkylation sites (N-methyl/N-ethyl adjacent to an activating group) is 1. The summed E-state index contributed by atoms with van der Waals surface area (Å²) in [6.07, 6.45) is 1.44. The highest BCUT2D eigenvalue weighted by atomic mass is 16.5. The summed E-state index contributed by atoms with van der Waals surface area (Å²) < 4.78 is 15.8. The van der Waals surface area contributed by atoms with Gasteiger partial charge in [-0.1, -0.05) is 6.92 Å². The van der Waals surface area contributed by atoms with Crippen LogP contribution in [0.2, 0.25) is 0 Å². The summed E-state index contributed by atoms with van der Waals surface area (Å²) in [5.41, 5.74) is -0.689. The summed E-state index contributed by atoms with van der Waals surface area (Å²) in [4.78, 5) is 12.0. The van der Waals surface area contributed by atoms with Crippen molar-refractivity contribution in [3.05, 3.63) is 0 Å². The Morgan fingerprint density at radius 2 is 2.00 bits per heavy atom. The minimum Gasteiger partial charge on any atom is -0.465 e. The van der Waals surface area contributed by atoms with Crippen molar-refractivity contribution in [2.24, 2.45) is 0 Å². The molecule has 0 aromatic heterocycles. The zero-order chi connectivity index (χ0) is 14.7. The molecule has 0 bridgehead atoms. The van der Waals surface area contributed by atoms with Crippen LogP contribution in [0.15, 0.2) is 0 Å². The Bertz CT molecular complexity index is 248. The molecule has 0 radical (unpaired) electrons. The number of methoxy groups -OCH3 is 1. The van der Waals surface area contributed by atoms with Crippen LogP contribution in [0.3, 0.4) is 0 Å². The molecule has 0 saturated carbocycles. The SMILES string of the molecule is CCNC(C)(CC(C)OCCCOC)C(=O)OCC. The van der Waals surface area contributed by atoms with Gasteiger partial charge in [0.1, 0.15) is 5.54 Å². The fourth-order valence-corrected chi connectivity index (χ4v) is 2.03. The van der Waals surface area contributed by atoms with Gasteiger partial charge in [-0.25, -0.2) is 0 Å². The van der Waals surface area contributed by atoms with Crippen molar-refractivity contribution < 1.29 is 19.0 Å². The van der Waals surface area contributed by atoms with Crippen molar-refractivity contribution in [2.45, 2.75) is 52.2 Å². The highest BCUT2D eigenvalue weighted by Crippen LogP contribution is 2.17. The summed E-state index contributed by atoms with van der Waals surface area (Å²) in [7, 11) is 1.67. The maximum absolute atomic E-state index is 12.0. The Kier molecular flexibility index (Phi) is 9.83. The van der Waals surface area contributed by atoms with Crippen LogP contribution in [-0.4, -0.2) is 51.1 Å². The largest absolute Gasteiger partial charge is 0.465 e. The van der Waals surface area contributed by atoms with E-state index < -0.39 is 5.54 Å². The molecule has 19 heavy (non-hydrogen) atoms. The summed E-state index contributed by atoms with van der Waals surface area (Å²) >= 11 is 0. The molecule has 0 aliphatic rings. The van der Waals surface area contributed by atoms with Crippen LogP contribution in [0.1, 0.15) is 40.5 Å². The first-order valence-corrected chi connectivity index (χ1v) is 7.03. The molecule has 0 saturated heterocycles. The van der Waals surface area contributed by atoms with Crippen LogP contribution in [-0.2, 0) is 19.0 Å². The number of hydrogen-bond donors (Lipinski definition) is 1. The first kappa shape index (κ1) is 18.4. The molecule has 2 atom stereocenters. The molecule has 0 aliphatic carbocycles. The standard InChI is InChI=1S/C14H29NO4/c1-6-15-14(4,13(16)18-7-2)11-12(3)19-10-8-9-17-5/h12,15H,6-11H2,1-5H3. The quantitative estimate of drug-likeness (QED) is 0.460. The molecule has 5 heteroatoms. The van der Waals surface area contributed by atoms with Crippen molar-refractivity contribution in [2.75, 3.05) is 33.5 Å². The van der Waals surface area contributed by atoms with Crippen LogP contribution >= 0.6 is 0 Å². The number of ether oxygens (including phenoxy) is 3. The van der Waals surface area contributed by atoms with Crippen LogP contribution < -0.4 is 5.32 Å². The van der Waals surface area contributed by atoms with E-state index in [9.17, 15) is 4.79 Å². The van der Waals surface area contributed by atoms with Crippen molar-refractivity contribution in [1.29, 1.82) is 0 Å². The van der Waals surface area contributed by atoms with Crippen LogP contribution in [0, 0.1) is 0 Å². The third-order valence-electron chi connectivity index (χ3n) is 2.88. The molecule has 114 valence electrons. The Balaban J connectivity index is 4.27. The Hall–Kier alpha value is -0.650. The Labute approximate surface area is 117 Å². The van der Waals surface area contributed by atoms with Crippen LogP contribution in [0.5, 0.6) is 0 Å². The van der Waals surface area contributed by atoms with Gasteiger partial charge in [0.05, 0.1) is 12.7 Å². The first-order chi connectivity index (χ1) is 9.00. The van der Waals surface area contributed by atoms with Gasteiger partial charge in [-0.15, -0.1) is 0 Å². The molecule has 0 spiro atoms. The second kappa shape index (κ2) is 10.2. The van der Waals surface area contributed by atoms with Gasteiger partial charge in [0.15, 0.2) is 0 Å². The second-order valence-corrected chi connectivity index (χ2v) is 4.81. The van der Waals surface area contributed by atoms with Gasteiger partial charge in [0.2, 0.25) is 0 Å². The van der Waals surface area contributed by atoms with E-state index in [4.69, 9.17) is 14.2 Å². The van der Waals surface area contributed by atoms with Gasteiger partial charge in [-0.05, 0) is 33.7 Å². The minimum absolute atomic E-state index is 0.00897. The molecule has 5 nitrogen and oxygen atoms in total. The number of hydrogen-bond acceptors (Lipinski definition) is 5. The number of rotatable bonds is 11. The molecule has 0 aromatic carbocycles. The predicted octanol–water partition coefficient (Wildman–Crippen LogP) is 1.75. The van der Waals surface area contributed by atoms with E-state index in [0.717, 1.165) is 6.42 Å². The molecule has 0 fully saturated rings. The second-order valence-electron chi connectivity index (χ2n) is 4.81.